The van der Waals surface area contributed by atoms with Crippen LogP contribution in [-0.4, -0.2) is 49.0 Å². The first kappa shape index (κ1) is 13.5. The maximum atomic E-state index is 12.6. The van der Waals surface area contributed by atoms with E-state index in [1.54, 1.807) is 0 Å². The van der Waals surface area contributed by atoms with E-state index in [-0.39, 0.29) is 11.6 Å². The predicted octanol–water partition coefficient (Wildman–Crippen LogP) is -0.159. The third-order valence-electron chi connectivity index (χ3n) is 2.25. The normalized spacial score (nSPS) is 10.6. The van der Waals surface area contributed by atoms with Gasteiger partial charge < -0.3 is 16.0 Å². The van der Waals surface area contributed by atoms with Crippen molar-refractivity contribution in [3.05, 3.63) is 29.8 Å². The maximum Gasteiger partial charge on any atom is 0.269 e. The summed E-state index contributed by atoms with van der Waals surface area (Å²) in [6.07, 6.45) is 1.02. The van der Waals surface area contributed by atoms with Crippen LogP contribution in [0.3, 0.4) is 0 Å². The number of hydrogen-bond donors (Lipinski definition) is 2. The Morgan fingerprint density at radius 1 is 1.53 bits per heavy atom. The molecule has 0 spiro atoms. The van der Waals surface area contributed by atoms with E-state index in [1.807, 2.05) is 11.9 Å². The van der Waals surface area contributed by atoms with Gasteiger partial charge >= 0.3 is 0 Å². The SMILES string of the molecule is CN(CCN)CCNC(=O)c1ccc(F)cn1. The molecule has 0 bridgehead atoms. The third kappa shape index (κ3) is 4.88. The molecule has 0 radical (unpaired) electrons. The van der Waals surface area contributed by atoms with Crippen molar-refractivity contribution >= 4 is 5.91 Å². The van der Waals surface area contributed by atoms with E-state index in [2.05, 4.69) is 10.3 Å². The molecule has 3 N–H and O–H groups in total. The van der Waals surface area contributed by atoms with Crippen LogP contribution in [0.25, 0.3) is 0 Å². The average Bonchev–Trinajstić information content (AvgIpc) is 2.30. The summed E-state index contributed by atoms with van der Waals surface area (Å²) in [6.45, 7) is 2.59. The highest BCUT2D eigenvalue weighted by atomic mass is 19.1. The molecule has 0 saturated carbocycles. The molecule has 1 aromatic rings. The van der Waals surface area contributed by atoms with E-state index in [4.69, 9.17) is 5.73 Å². The molecule has 0 aliphatic heterocycles. The van der Waals surface area contributed by atoms with E-state index in [0.29, 0.717) is 19.6 Å². The Labute approximate surface area is 99.8 Å². The van der Waals surface area contributed by atoms with Crippen LogP contribution in [0, 0.1) is 5.82 Å². The summed E-state index contributed by atoms with van der Waals surface area (Å²) >= 11 is 0. The van der Waals surface area contributed by atoms with Crippen LogP contribution in [0.5, 0.6) is 0 Å². The second kappa shape index (κ2) is 6.93. The lowest BCUT2D eigenvalue weighted by Crippen LogP contribution is -2.35. The van der Waals surface area contributed by atoms with Crippen LogP contribution < -0.4 is 11.1 Å². The first-order valence-electron chi connectivity index (χ1n) is 5.42. The van der Waals surface area contributed by atoms with Crippen molar-refractivity contribution in [2.24, 2.45) is 5.73 Å². The molecule has 0 aromatic carbocycles. The lowest BCUT2D eigenvalue weighted by molar-refractivity contribution is 0.0945. The zero-order valence-electron chi connectivity index (χ0n) is 9.82. The number of nitrogens with zero attached hydrogens (tertiary/aromatic N) is 2. The molecule has 0 aliphatic carbocycles. The predicted molar refractivity (Wildman–Crippen MR) is 63.1 cm³/mol. The summed E-state index contributed by atoms with van der Waals surface area (Å²) in [4.78, 5) is 17.3. The Morgan fingerprint density at radius 2 is 2.29 bits per heavy atom. The Kier molecular flexibility index (Phi) is 5.51. The Morgan fingerprint density at radius 3 is 2.88 bits per heavy atom. The lowest BCUT2D eigenvalue weighted by atomic mass is 10.3. The molecule has 94 valence electrons. The van der Waals surface area contributed by atoms with Gasteiger partial charge in [0.15, 0.2) is 0 Å². The number of nitrogens with two attached hydrogens (primary N) is 1. The van der Waals surface area contributed by atoms with E-state index in [0.717, 1.165) is 12.7 Å². The quantitative estimate of drug-likeness (QED) is 0.725. The van der Waals surface area contributed by atoms with Crippen LogP contribution >= 0.6 is 0 Å². The summed E-state index contributed by atoms with van der Waals surface area (Å²) in [6, 6.07) is 2.57. The summed E-state index contributed by atoms with van der Waals surface area (Å²) in [5.74, 6) is -0.754. The molecule has 5 nitrogen and oxygen atoms in total. The van der Waals surface area contributed by atoms with Gasteiger partial charge in [-0.05, 0) is 19.2 Å². The van der Waals surface area contributed by atoms with Gasteiger partial charge in [0.05, 0.1) is 6.20 Å². The monoisotopic (exact) mass is 240 g/mol. The van der Waals surface area contributed by atoms with E-state index >= 15 is 0 Å². The van der Waals surface area contributed by atoms with Crippen LogP contribution in [0.4, 0.5) is 4.39 Å². The van der Waals surface area contributed by atoms with Gasteiger partial charge in [0.2, 0.25) is 0 Å². The molecular weight excluding hydrogens is 223 g/mol. The molecule has 1 rings (SSSR count). The van der Waals surface area contributed by atoms with Gasteiger partial charge in [-0.15, -0.1) is 0 Å². The highest BCUT2D eigenvalue weighted by Crippen LogP contribution is 1.97. The minimum Gasteiger partial charge on any atom is -0.349 e. The van der Waals surface area contributed by atoms with Crippen LogP contribution in [0.15, 0.2) is 18.3 Å². The highest BCUT2D eigenvalue weighted by Gasteiger charge is 2.06. The van der Waals surface area contributed by atoms with Crippen molar-refractivity contribution in [2.45, 2.75) is 0 Å². The van der Waals surface area contributed by atoms with Crippen LogP contribution in [0.2, 0.25) is 0 Å². The summed E-state index contributed by atoms with van der Waals surface area (Å²) in [7, 11) is 1.93. The standard InChI is InChI=1S/C11H17FN4O/c1-16(6-4-13)7-5-14-11(17)10-3-2-9(12)8-15-10/h2-3,8H,4-7,13H2,1H3,(H,14,17). The fraction of sp³-hybridized carbons (Fsp3) is 0.455. The molecular formula is C11H17FN4O. The third-order valence-corrected chi connectivity index (χ3v) is 2.25. The number of rotatable bonds is 6. The zero-order valence-corrected chi connectivity index (χ0v) is 9.82. The Bertz CT molecular complexity index is 355. The number of hydrogen-bond acceptors (Lipinski definition) is 4. The maximum absolute atomic E-state index is 12.6. The second-order valence-corrected chi connectivity index (χ2v) is 3.71. The summed E-state index contributed by atoms with van der Waals surface area (Å²) in [5.41, 5.74) is 5.61. The van der Waals surface area contributed by atoms with E-state index in [9.17, 15) is 9.18 Å². The van der Waals surface area contributed by atoms with Gasteiger partial charge in [-0.3, -0.25) is 4.79 Å². The fourth-order valence-electron chi connectivity index (χ4n) is 1.29. The number of amides is 1. The number of halogens is 1. The van der Waals surface area contributed by atoms with Crippen LogP contribution in [-0.2, 0) is 0 Å². The second-order valence-electron chi connectivity index (χ2n) is 3.71. The molecule has 0 fully saturated rings. The van der Waals surface area contributed by atoms with Crippen molar-refractivity contribution in [3.8, 4) is 0 Å². The minimum atomic E-state index is -0.454. The van der Waals surface area contributed by atoms with Crippen molar-refractivity contribution < 1.29 is 9.18 Å². The molecule has 0 aliphatic rings. The number of pyridine rings is 1. The first-order valence-corrected chi connectivity index (χ1v) is 5.42. The summed E-state index contributed by atoms with van der Waals surface area (Å²) in [5, 5.41) is 2.70. The molecule has 1 aromatic heterocycles. The molecule has 1 heterocycles. The number of likely N-dealkylation sites (N-methyl/N-ethyl adjacent to an activating group) is 1. The molecule has 0 unspecified atom stereocenters. The molecule has 0 saturated heterocycles. The molecule has 0 atom stereocenters. The fourth-order valence-corrected chi connectivity index (χ4v) is 1.29. The first-order chi connectivity index (χ1) is 8.13. The van der Waals surface area contributed by atoms with Crippen molar-refractivity contribution in [1.82, 2.24) is 15.2 Å². The Hall–Kier alpha value is -1.53. The largest absolute Gasteiger partial charge is 0.349 e. The highest BCUT2D eigenvalue weighted by molar-refractivity contribution is 5.92. The number of carbonyl (C=O) groups excluding carboxylic acids is 1. The molecule has 6 heteroatoms. The smallest absolute Gasteiger partial charge is 0.269 e. The van der Waals surface area contributed by atoms with Gasteiger partial charge in [0.25, 0.3) is 5.91 Å². The van der Waals surface area contributed by atoms with Gasteiger partial charge in [-0.25, -0.2) is 9.37 Å². The van der Waals surface area contributed by atoms with Gasteiger partial charge in [-0.2, -0.15) is 0 Å². The topological polar surface area (TPSA) is 71.2 Å². The number of aromatic nitrogens is 1. The van der Waals surface area contributed by atoms with Crippen molar-refractivity contribution in [1.29, 1.82) is 0 Å². The number of nitrogens with one attached hydrogen (secondary N) is 1. The van der Waals surface area contributed by atoms with Crippen molar-refractivity contribution in [2.75, 3.05) is 33.2 Å². The van der Waals surface area contributed by atoms with E-state index in [1.165, 1.54) is 12.1 Å². The number of carbonyl (C=O) groups is 1. The van der Waals surface area contributed by atoms with Gasteiger partial charge in [0, 0.05) is 26.2 Å². The average molecular weight is 240 g/mol. The van der Waals surface area contributed by atoms with Gasteiger partial charge in [0.1, 0.15) is 11.5 Å². The molecule has 17 heavy (non-hydrogen) atoms. The molecule has 1 amide bonds. The van der Waals surface area contributed by atoms with Gasteiger partial charge in [-0.1, -0.05) is 0 Å². The Balaban J connectivity index is 2.32. The zero-order chi connectivity index (χ0) is 12.7. The minimum absolute atomic E-state index is 0.216. The lowest BCUT2D eigenvalue weighted by Gasteiger charge is -2.15. The van der Waals surface area contributed by atoms with E-state index < -0.39 is 5.82 Å². The van der Waals surface area contributed by atoms with Crippen molar-refractivity contribution in [3.63, 3.8) is 0 Å². The summed E-state index contributed by atoms with van der Waals surface area (Å²) < 4.78 is 12.6. The van der Waals surface area contributed by atoms with Crippen LogP contribution in [0.1, 0.15) is 10.5 Å².